The Morgan fingerprint density at radius 1 is 0.667 bits per heavy atom. The van der Waals surface area contributed by atoms with Crippen molar-refractivity contribution >= 4 is 31.9 Å². The Morgan fingerprint density at radius 3 is 1.28 bits per heavy atom. The van der Waals surface area contributed by atoms with Gasteiger partial charge in [-0.15, -0.1) is 0 Å². The van der Waals surface area contributed by atoms with Gasteiger partial charge in [0.25, 0.3) is 0 Å². The predicted octanol–water partition coefficient (Wildman–Crippen LogP) is 6.31. The van der Waals surface area contributed by atoms with E-state index in [2.05, 4.69) is 31.9 Å². The number of aliphatic hydroxyl groups is 1. The minimum absolute atomic E-state index is 0. The van der Waals surface area contributed by atoms with Crippen molar-refractivity contribution in [3.63, 3.8) is 0 Å². The molecule has 0 aliphatic carbocycles. The summed E-state index contributed by atoms with van der Waals surface area (Å²) in [6, 6.07) is 15.1. The van der Waals surface area contributed by atoms with Crippen molar-refractivity contribution in [3.8, 4) is 11.5 Å². The number of nitrogens with two attached hydrogens (primary N) is 2. The van der Waals surface area contributed by atoms with E-state index >= 15 is 0 Å². The van der Waals surface area contributed by atoms with Crippen molar-refractivity contribution in [1.82, 2.24) is 0 Å². The number of benzene rings is 2. The lowest BCUT2D eigenvalue weighted by atomic mass is 10.3. The summed E-state index contributed by atoms with van der Waals surface area (Å²) in [5.74, 6) is 1.56. The van der Waals surface area contributed by atoms with Gasteiger partial charge in [-0.2, -0.15) is 0 Å². The molecule has 0 spiro atoms. The summed E-state index contributed by atoms with van der Waals surface area (Å²) in [5.41, 5.74) is 10.7. The topological polar surface area (TPSA) is 118 Å². The molecule has 2 aromatic rings. The minimum Gasteiger partial charge on any atom is -0.491 e. The minimum atomic E-state index is -0.594. The Labute approximate surface area is 254 Å². The van der Waals surface area contributed by atoms with Gasteiger partial charge in [-0.1, -0.05) is 46.7 Å². The summed E-state index contributed by atoms with van der Waals surface area (Å²) in [5, 5.41) is 9.11. The van der Waals surface area contributed by atoms with Crippen LogP contribution in [0.15, 0.2) is 57.5 Å². The second kappa shape index (κ2) is 33.0. The molecule has 0 saturated heterocycles. The lowest BCUT2D eigenvalue weighted by molar-refractivity contribution is 0.0644. The Bertz CT molecular complexity index is 711. The van der Waals surface area contributed by atoms with Crippen LogP contribution in [0.3, 0.4) is 0 Å². The predicted molar refractivity (Wildman–Crippen MR) is 172 cm³/mol. The average Bonchev–Trinajstić information content (AvgIpc) is 2.92. The first kappa shape index (κ1) is 44.8. The summed E-state index contributed by atoms with van der Waals surface area (Å²) in [7, 11) is 1.63. The third-order valence-corrected chi connectivity index (χ3v) is 5.25. The molecular formula is C29H54Br2N2O6. The van der Waals surface area contributed by atoms with E-state index in [1.165, 1.54) is 0 Å². The van der Waals surface area contributed by atoms with Crippen LogP contribution in [-0.4, -0.2) is 77.2 Å². The fraction of sp³-hybridized carbons (Fsp3) is 0.586. The molecule has 2 rings (SSSR count). The Balaban J connectivity index is -0.000000227. The lowest BCUT2D eigenvalue weighted by Gasteiger charge is -2.13. The molecule has 0 radical (unpaired) electrons. The van der Waals surface area contributed by atoms with Gasteiger partial charge in [-0.25, -0.2) is 0 Å². The smallest absolute Gasteiger partial charge is 0.119 e. The van der Waals surface area contributed by atoms with Gasteiger partial charge < -0.3 is 40.3 Å². The highest BCUT2D eigenvalue weighted by molar-refractivity contribution is 9.10. The van der Waals surface area contributed by atoms with Crippen LogP contribution in [0.1, 0.15) is 42.5 Å². The molecule has 0 amide bonds. The molecule has 0 fully saturated rings. The first-order valence-corrected chi connectivity index (χ1v) is 13.9. The summed E-state index contributed by atoms with van der Waals surface area (Å²) in [6.07, 6.45) is -0.637. The second-order valence-electron chi connectivity index (χ2n) is 7.08. The maximum absolute atomic E-state index is 9.11. The number of halogens is 2. The van der Waals surface area contributed by atoms with E-state index in [4.69, 9.17) is 40.3 Å². The van der Waals surface area contributed by atoms with Gasteiger partial charge in [-0.3, -0.25) is 0 Å². The van der Waals surface area contributed by atoms with Crippen LogP contribution in [0.25, 0.3) is 0 Å². The maximum atomic E-state index is 9.11. The molecule has 10 heteroatoms. The molecule has 39 heavy (non-hydrogen) atoms. The van der Waals surface area contributed by atoms with Crippen LogP contribution >= 0.6 is 31.9 Å². The van der Waals surface area contributed by atoms with Crippen LogP contribution < -0.4 is 20.9 Å². The first-order valence-electron chi connectivity index (χ1n) is 12.3. The van der Waals surface area contributed by atoms with Gasteiger partial charge in [-0.05, 0) is 76.2 Å². The molecule has 0 bridgehead atoms. The Hall–Kier alpha value is -1.24. The van der Waals surface area contributed by atoms with Crippen molar-refractivity contribution < 1.29 is 28.8 Å². The van der Waals surface area contributed by atoms with Crippen LogP contribution in [0.2, 0.25) is 0 Å². The van der Waals surface area contributed by atoms with Crippen LogP contribution in [0, 0.1) is 0 Å². The molecule has 8 nitrogen and oxygen atoms in total. The van der Waals surface area contributed by atoms with E-state index in [-0.39, 0.29) is 34.1 Å². The summed E-state index contributed by atoms with van der Waals surface area (Å²) >= 11 is 6.67. The summed E-state index contributed by atoms with van der Waals surface area (Å²) in [6.45, 7) is 12.7. The number of hydrogen-bond donors (Lipinski definition) is 3. The SMILES string of the molecule is C.C.CCOCC.CCOCC.COC(CN)COc1ccc(Br)cc1.NCC(O)COc1ccc(Br)cc1. The van der Waals surface area contributed by atoms with E-state index < -0.39 is 6.10 Å². The third kappa shape index (κ3) is 29.6. The zero-order chi connectivity index (χ0) is 28.3. The third-order valence-electron chi connectivity index (χ3n) is 4.19. The molecule has 2 unspecified atom stereocenters. The van der Waals surface area contributed by atoms with Crippen molar-refractivity contribution in [3.05, 3.63) is 57.5 Å². The van der Waals surface area contributed by atoms with Crippen molar-refractivity contribution in [2.75, 3.05) is 59.8 Å². The molecule has 230 valence electrons. The first-order chi connectivity index (χ1) is 17.8. The molecule has 5 N–H and O–H groups in total. The van der Waals surface area contributed by atoms with E-state index in [0.717, 1.165) is 46.9 Å². The van der Waals surface area contributed by atoms with E-state index in [1.54, 1.807) is 7.11 Å². The standard InChI is InChI=1S/C10H14BrNO2.C9H12BrNO2.2C4H10O.2CH4/c1-13-10(6-12)7-14-9-4-2-8(11)3-5-9;10-7-1-3-9(4-2-7)13-6-8(12)5-11;2*1-3-5-4-2;;/h2-5,10H,6-7,12H2,1H3;1-4,8,12H,5-6,11H2;2*3-4H2,1-2H3;2*1H4. The molecule has 0 aliphatic heterocycles. The van der Waals surface area contributed by atoms with E-state index in [1.807, 2.05) is 76.2 Å². The number of methoxy groups -OCH3 is 1. The highest BCUT2D eigenvalue weighted by atomic mass is 79.9. The summed E-state index contributed by atoms with van der Waals surface area (Å²) in [4.78, 5) is 0. The fourth-order valence-corrected chi connectivity index (χ4v) is 2.68. The van der Waals surface area contributed by atoms with E-state index in [9.17, 15) is 0 Å². The Kier molecular flexibility index (Phi) is 37.8. The fourth-order valence-electron chi connectivity index (χ4n) is 2.15. The number of aliphatic hydroxyl groups excluding tert-OH is 1. The highest BCUT2D eigenvalue weighted by Crippen LogP contribution is 2.17. The Morgan fingerprint density at radius 2 is 1.03 bits per heavy atom. The van der Waals surface area contributed by atoms with Crippen LogP contribution in [-0.2, 0) is 14.2 Å². The van der Waals surface area contributed by atoms with Gasteiger partial charge in [0.2, 0.25) is 0 Å². The van der Waals surface area contributed by atoms with Gasteiger partial charge in [0.05, 0.1) is 0 Å². The second-order valence-corrected chi connectivity index (χ2v) is 8.91. The molecule has 0 heterocycles. The summed E-state index contributed by atoms with van der Waals surface area (Å²) < 4.78 is 27.5. The van der Waals surface area contributed by atoms with Gasteiger partial charge >= 0.3 is 0 Å². The monoisotopic (exact) mass is 684 g/mol. The molecule has 0 aromatic heterocycles. The van der Waals surface area contributed by atoms with E-state index in [0.29, 0.717) is 13.2 Å². The van der Waals surface area contributed by atoms with Crippen LogP contribution in [0.5, 0.6) is 11.5 Å². The van der Waals surface area contributed by atoms with Crippen molar-refractivity contribution in [2.24, 2.45) is 11.5 Å². The molecule has 2 aromatic carbocycles. The number of hydrogen-bond acceptors (Lipinski definition) is 8. The number of ether oxygens (including phenoxy) is 5. The quantitative estimate of drug-likeness (QED) is 0.225. The lowest BCUT2D eigenvalue weighted by Crippen LogP contribution is -2.28. The normalized spacial score (nSPS) is 10.8. The average molecular weight is 687 g/mol. The molecule has 0 aliphatic rings. The molecule has 0 saturated carbocycles. The van der Waals surface area contributed by atoms with Crippen LogP contribution in [0.4, 0.5) is 0 Å². The largest absolute Gasteiger partial charge is 0.491 e. The maximum Gasteiger partial charge on any atom is 0.119 e. The molecular weight excluding hydrogens is 632 g/mol. The van der Waals surface area contributed by atoms with Gasteiger partial charge in [0.1, 0.15) is 36.9 Å². The molecule has 2 atom stereocenters. The zero-order valence-corrected chi connectivity index (χ0v) is 26.0. The number of rotatable bonds is 13. The van der Waals surface area contributed by atoms with Gasteiger partial charge in [0, 0.05) is 55.6 Å². The highest BCUT2D eigenvalue weighted by Gasteiger charge is 2.05. The van der Waals surface area contributed by atoms with Crippen molar-refractivity contribution in [1.29, 1.82) is 0 Å². The van der Waals surface area contributed by atoms with Crippen molar-refractivity contribution in [2.45, 2.75) is 54.8 Å². The zero-order valence-electron chi connectivity index (χ0n) is 22.8. The van der Waals surface area contributed by atoms with Gasteiger partial charge in [0.15, 0.2) is 0 Å².